The fraction of sp³-hybridized carbons (Fsp3) is 0.278. The summed E-state index contributed by atoms with van der Waals surface area (Å²) in [5.74, 6) is -0.632. The van der Waals surface area contributed by atoms with E-state index in [1.54, 1.807) is 0 Å². The van der Waals surface area contributed by atoms with Gasteiger partial charge < -0.3 is 4.74 Å². The fourth-order valence-electron chi connectivity index (χ4n) is 2.77. The number of rotatable bonds is 2. The topological polar surface area (TPSA) is 22.1 Å². The number of hydrogen-bond acceptors (Lipinski definition) is 2. The van der Waals surface area contributed by atoms with Crippen molar-refractivity contribution in [3.8, 4) is 17.0 Å². The Labute approximate surface area is 128 Å². The molecule has 0 fully saturated rings. The number of aromatic nitrogens is 1. The van der Waals surface area contributed by atoms with Crippen molar-refractivity contribution in [1.29, 1.82) is 0 Å². The lowest BCUT2D eigenvalue weighted by Gasteiger charge is -2.27. The lowest BCUT2D eigenvalue weighted by Crippen LogP contribution is -2.24. The van der Waals surface area contributed by atoms with Crippen LogP contribution in [0.2, 0.25) is 0 Å². The molecule has 3 rings (SSSR count). The molecule has 22 heavy (non-hydrogen) atoms. The molecule has 2 heterocycles. The van der Waals surface area contributed by atoms with E-state index in [1.165, 1.54) is 12.1 Å². The molecule has 0 saturated heterocycles. The lowest BCUT2D eigenvalue weighted by atomic mass is 9.93. The van der Waals surface area contributed by atoms with Crippen LogP contribution in [-0.2, 0) is 6.42 Å². The smallest absolute Gasteiger partial charge is 0.217 e. The quantitative estimate of drug-likeness (QED) is 0.756. The SMILES string of the molecule is C=C(C)C1CCc2c(-c3ccc(F)cc3F)cc(C)nc2O1. The van der Waals surface area contributed by atoms with Crippen LogP contribution in [0, 0.1) is 18.6 Å². The van der Waals surface area contributed by atoms with Gasteiger partial charge in [0.2, 0.25) is 5.88 Å². The zero-order valence-corrected chi connectivity index (χ0v) is 12.6. The summed E-state index contributed by atoms with van der Waals surface area (Å²) in [6, 6.07) is 5.45. The molecule has 1 aliphatic heterocycles. The highest BCUT2D eigenvalue weighted by molar-refractivity contribution is 5.70. The molecule has 0 N–H and O–H groups in total. The van der Waals surface area contributed by atoms with E-state index in [4.69, 9.17) is 4.74 Å². The molecular weight excluding hydrogens is 284 g/mol. The Morgan fingerprint density at radius 3 is 2.73 bits per heavy atom. The maximum atomic E-state index is 14.1. The largest absolute Gasteiger partial charge is 0.470 e. The van der Waals surface area contributed by atoms with E-state index in [2.05, 4.69) is 11.6 Å². The molecule has 4 heteroatoms. The van der Waals surface area contributed by atoms with Gasteiger partial charge in [-0.15, -0.1) is 0 Å². The van der Waals surface area contributed by atoms with E-state index in [0.29, 0.717) is 11.4 Å². The van der Waals surface area contributed by atoms with Gasteiger partial charge in [0.1, 0.15) is 17.7 Å². The lowest BCUT2D eigenvalue weighted by molar-refractivity contribution is 0.198. The van der Waals surface area contributed by atoms with E-state index in [9.17, 15) is 8.78 Å². The highest BCUT2D eigenvalue weighted by Gasteiger charge is 2.25. The Morgan fingerprint density at radius 1 is 1.27 bits per heavy atom. The number of benzene rings is 1. The molecule has 0 radical (unpaired) electrons. The fourth-order valence-corrected chi connectivity index (χ4v) is 2.77. The van der Waals surface area contributed by atoms with Crippen molar-refractivity contribution in [1.82, 2.24) is 4.98 Å². The van der Waals surface area contributed by atoms with Gasteiger partial charge in [-0.05, 0) is 56.0 Å². The van der Waals surface area contributed by atoms with E-state index < -0.39 is 11.6 Å². The molecule has 1 unspecified atom stereocenters. The molecule has 1 aliphatic rings. The molecule has 0 spiro atoms. The van der Waals surface area contributed by atoms with Gasteiger partial charge in [-0.2, -0.15) is 0 Å². The molecule has 114 valence electrons. The van der Waals surface area contributed by atoms with Crippen molar-refractivity contribution < 1.29 is 13.5 Å². The van der Waals surface area contributed by atoms with Crippen LogP contribution in [0.15, 0.2) is 36.4 Å². The van der Waals surface area contributed by atoms with Crippen LogP contribution in [0.4, 0.5) is 8.78 Å². The van der Waals surface area contributed by atoms with Gasteiger partial charge >= 0.3 is 0 Å². The zero-order chi connectivity index (χ0) is 15.9. The minimum absolute atomic E-state index is 0.0623. The molecule has 0 saturated carbocycles. The Morgan fingerprint density at radius 2 is 2.05 bits per heavy atom. The normalized spacial score (nSPS) is 16.8. The average Bonchev–Trinajstić information content (AvgIpc) is 2.45. The first kappa shape index (κ1) is 14.7. The summed E-state index contributed by atoms with van der Waals surface area (Å²) < 4.78 is 33.2. The molecule has 2 nitrogen and oxygen atoms in total. The molecule has 1 atom stereocenters. The number of halogens is 2. The van der Waals surface area contributed by atoms with Crippen LogP contribution in [0.25, 0.3) is 11.1 Å². The van der Waals surface area contributed by atoms with Crippen molar-refractivity contribution >= 4 is 0 Å². The van der Waals surface area contributed by atoms with Crippen molar-refractivity contribution in [3.63, 3.8) is 0 Å². The van der Waals surface area contributed by atoms with Crippen molar-refractivity contribution in [2.24, 2.45) is 0 Å². The van der Waals surface area contributed by atoms with Crippen molar-refractivity contribution in [2.45, 2.75) is 32.8 Å². The summed E-state index contributed by atoms with van der Waals surface area (Å²) in [7, 11) is 0. The number of nitrogens with zero attached hydrogens (tertiary/aromatic N) is 1. The summed E-state index contributed by atoms with van der Waals surface area (Å²) in [6.45, 7) is 7.68. The molecular formula is C18H17F2NO. The number of aryl methyl sites for hydroxylation is 1. The van der Waals surface area contributed by atoms with Crippen LogP contribution in [0.3, 0.4) is 0 Å². The van der Waals surface area contributed by atoms with Crippen LogP contribution >= 0.6 is 0 Å². The molecule has 1 aromatic heterocycles. The molecule has 0 bridgehead atoms. The van der Waals surface area contributed by atoms with Crippen LogP contribution in [-0.4, -0.2) is 11.1 Å². The van der Waals surface area contributed by atoms with Gasteiger partial charge in [0.25, 0.3) is 0 Å². The van der Waals surface area contributed by atoms with E-state index in [1.807, 2.05) is 19.9 Å². The molecule has 0 amide bonds. The third-order valence-electron chi connectivity index (χ3n) is 3.90. The third-order valence-corrected chi connectivity index (χ3v) is 3.90. The highest BCUT2D eigenvalue weighted by Crippen LogP contribution is 2.37. The third kappa shape index (κ3) is 2.61. The summed E-state index contributed by atoms with van der Waals surface area (Å²) in [4.78, 5) is 4.42. The number of pyridine rings is 1. The Hall–Kier alpha value is -2.23. The van der Waals surface area contributed by atoms with Crippen LogP contribution in [0.1, 0.15) is 24.6 Å². The first-order valence-corrected chi connectivity index (χ1v) is 7.23. The van der Waals surface area contributed by atoms with Crippen molar-refractivity contribution in [2.75, 3.05) is 0 Å². The van der Waals surface area contributed by atoms with Gasteiger partial charge in [-0.3, -0.25) is 0 Å². The Bertz CT molecular complexity index is 755. The zero-order valence-electron chi connectivity index (χ0n) is 12.6. The summed E-state index contributed by atoms with van der Waals surface area (Å²) in [5, 5.41) is 0. The minimum atomic E-state index is -0.584. The second-order valence-corrected chi connectivity index (χ2v) is 5.71. The second kappa shape index (κ2) is 5.52. The Balaban J connectivity index is 2.12. The van der Waals surface area contributed by atoms with E-state index >= 15 is 0 Å². The monoisotopic (exact) mass is 301 g/mol. The van der Waals surface area contributed by atoms with Crippen LogP contribution < -0.4 is 4.74 Å². The molecule has 2 aromatic rings. The van der Waals surface area contributed by atoms with Crippen LogP contribution in [0.5, 0.6) is 5.88 Å². The maximum absolute atomic E-state index is 14.1. The van der Waals surface area contributed by atoms with E-state index in [-0.39, 0.29) is 6.10 Å². The molecule has 0 aliphatic carbocycles. The van der Waals surface area contributed by atoms with Gasteiger partial charge in [-0.25, -0.2) is 13.8 Å². The van der Waals surface area contributed by atoms with Gasteiger partial charge in [-0.1, -0.05) is 6.58 Å². The summed E-state index contributed by atoms with van der Waals surface area (Å²) >= 11 is 0. The van der Waals surface area contributed by atoms with Gasteiger partial charge in [0.15, 0.2) is 0 Å². The number of hydrogen-bond donors (Lipinski definition) is 0. The van der Waals surface area contributed by atoms with Gasteiger partial charge in [0, 0.05) is 22.9 Å². The Kier molecular flexibility index (Phi) is 3.69. The summed E-state index contributed by atoms with van der Waals surface area (Å²) in [6.07, 6.45) is 1.45. The van der Waals surface area contributed by atoms with Gasteiger partial charge in [0.05, 0.1) is 0 Å². The standard InChI is InChI=1S/C18H17F2NO/c1-10(2)17-7-6-14-15(8-11(3)21-18(14)22-17)13-5-4-12(19)9-16(13)20/h4-5,8-9,17H,1,6-7H2,2-3H3. The first-order chi connectivity index (χ1) is 10.5. The predicted molar refractivity (Wildman–Crippen MR) is 81.9 cm³/mol. The second-order valence-electron chi connectivity index (χ2n) is 5.71. The highest BCUT2D eigenvalue weighted by atomic mass is 19.1. The maximum Gasteiger partial charge on any atom is 0.217 e. The average molecular weight is 301 g/mol. The first-order valence-electron chi connectivity index (χ1n) is 7.23. The van der Waals surface area contributed by atoms with Crippen molar-refractivity contribution in [3.05, 3.63) is 59.3 Å². The van der Waals surface area contributed by atoms with E-state index in [0.717, 1.165) is 41.3 Å². The summed E-state index contributed by atoms with van der Waals surface area (Å²) in [5.41, 5.74) is 3.65. The minimum Gasteiger partial charge on any atom is -0.470 e. The molecule has 1 aromatic carbocycles. The number of fused-ring (bicyclic) bond motifs is 1. The predicted octanol–water partition coefficient (Wildman–Crippen LogP) is 4.60. The number of ether oxygens (including phenoxy) is 1.